The van der Waals surface area contributed by atoms with Crippen LogP contribution >= 0.6 is 11.6 Å². The van der Waals surface area contributed by atoms with Gasteiger partial charge in [0.15, 0.2) is 5.82 Å². The molecule has 0 aliphatic rings. The highest BCUT2D eigenvalue weighted by Crippen LogP contribution is 2.30. The van der Waals surface area contributed by atoms with E-state index in [4.69, 9.17) is 11.6 Å². The molecule has 0 fully saturated rings. The Bertz CT molecular complexity index is 909. The van der Waals surface area contributed by atoms with E-state index in [0.717, 1.165) is 16.9 Å². The molecule has 0 spiro atoms. The standard InChI is InChI=1S/C16H9ClF2N2O2/c17-12-4-2-1-3-10(12)15-11(16(22)23)8-21(20-15)14-6-5-9(18)7-13(14)19/h1-8H,(H,22,23). The van der Waals surface area contributed by atoms with Gasteiger partial charge in [0.1, 0.15) is 22.8 Å². The number of hydrogen-bond acceptors (Lipinski definition) is 2. The fraction of sp³-hybridized carbons (Fsp3) is 0. The molecule has 0 unspecified atom stereocenters. The van der Waals surface area contributed by atoms with Crippen molar-refractivity contribution < 1.29 is 18.7 Å². The number of hydrogen-bond donors (Lipinski definition) is 1. The number of halogens is 3. The zero-order valence-electron chi connectivity index (χ0n) is 11.5. The molecule has 3 aromatic rings. The number of aromatic nitrogens is 2. The number of carboxylic acid groups (broad SMARTS) is 1. The summed E-state index contributed by atoms with van der Waals surface area (Å²) in [5.41, 5.74) is 0.314. The molecule has 1 N–H and O–H groups in total. The van der Waals surface area contributed by atoms with Gasteiger partial charge in [0.2, 0.25) is 0 Å². The molecule has 1 aromatic heterocycles. The lowest BCUT2D eigenvalue weighted by molar-refractivity contribution is 0.0697. The first-order chi connectivity index (χ1) is 11.0. The molecule has 2 aromatic carbocycles. The molecular formula is C16H9ClF2N2O2. The minimum absolute atomic E-state index is 0.0628. The third-order valence-corrected chi connectivity index (χ3v) is 3.56. The van der Waals surface area contributed by atoms with Crippen LogP contribution in [0.15, 0.2) is 48.7 Å². The summed E-state index contributed by atoms with van der Waals surface area (Å²) in [6, 6.07) is 9.54. The van der Waals surface area contributed by atoms with Crippen molar-refractivity contribution in [2.45, 2.75) is 0 Å². The van der Waals surface area contributed by atoms with Crippen LogP contribution < -0.4 is 0 Å². The highest BCUT2D eigenvalue weighted by molar-refractivity contribution is 6.33. The van der Waals surface area contributed by atoms with Crippen molar-refractivity contribution in [3.05, 3.63) is 70.9 Å². The van der Waals surface area contributed by atoms with Crippen LogP contribution in [0.4, 0.5) is 8.78 Å². The number of carboxylic acids is 1. The van der Waals surface area contributed by atoms with Crippen LogP contribution in [-0.4, -0.2) is 20.9 Å². The molecule has 3 rings (SSSR count). The molecule has 0 bridgehead atoms. The lowest BCUT2D eigenvalue weighted by Crippen LogP contribution is -1.99. The number of aromatic carboxylic acids is 1. The summed E-state index contributed by atoms with van der Waals surface area (Å²) < 4.78 is 28.0. The van der Waals surface area contributed by atoms with Crippen molar-refractivity contribution in [1.29, 1.82) is 0 Å². The Morgan fingerprint density at radius 2 is 1.91 bits per heavy atom. The molecule has 0 saturated heterocycles. The number of rotatable bonds is 3. The van der Waals surface area contributed by atoms with Gasteiger partial charge in [-0.05, 0) is 18.2 Å². The number of nitrogens with zero attached hydrogens (tertiary/aromatic N) is 2. The lowest BCUT2D eigenvalue weighted by atomic mass is 10.1. The number of benzene rings is 2. The minimum Gasteiger partial charge on any atom is -0.478 e. The van der Waals surface area contributed by atoms with Crippen molar-refractivity contribution >= 4 is 17.6 Å². The maximum absolute atomic E-state index is 13.9. The van der Waals surface area contributed by atoms with Crippen LogP contribution in [0, 0.1) is 11.6 Å². The highest BCUT2D eigenvalue weighted by Gasteiger charge is 2.20. The first-order valence-corrected chi connectivity index (χ1v) is 6.88. The fourth-order valence-electron chi connectivity index (χ4n) is 2.17. The minimum atomic E-state index is -1.23. The summed E-state index contributed by atoms with van der Waals surface area (Å²) in [7, 11) is 0. The molecule has 116 valence electrons. The van der Waals surface area contributed by atoms with Gasteiger partial charge in [-0.15, -0.1) is 0 Å². The van der Waals surface area contributed by atoms with Crippen LogP contribution in [0.3, 0.4) is 0 Å². The fourth-order valence-corrected chi connectivity index (χ4v) is 2.40. The predicted molar refractivity (Wildman–Crippen MR) is 80.9 cm³/mol. The van der Waals surface area contributed by atoms with Crippen molar-refractivity contribution in [3.8, 4) is 16.9 Å². The molecule has 0 radical (unpaired) electrons. The van der Waals surface area contributed by atoms with E-state index >= 15 is 0 Å². The Morgan fingerprint density at radius 1 is 1.17 bits per heavy atom. The highest BCUT2D eigenvalue weighted by atomic mass is 35.5. The molecule has 1 heterocycles. The topological polar surface area (TPSA) is 55.1 Å². The molecule has 23 heavy (non-hydrogen) atoms. The van der Waals surface area contributed by atoms with Gasteiger partial charge in [0, 0.05) is 17.8 Å². The molecule has 0 aliphatic heterocycles. The van der Waals surface area contributed by atoms with Crippen LogP contribution in [0.25, 0.3) is 16.9 Å². The Hall–Kier alpha value is -2.73. The van der Waals surface area contributed by atoms with E-state index in [2.05, 4.69) is 5.10 Å². The Morgan fingerprint density at radius 3 is 2.57 bits per heavy atom. The summed E-state index contributed by atoms with van der Waals surface area (Å²) in [6.07, 6.45) is 1.16. The SMILES string of the molecule is O=C(O)c1cn(-c2ccc(F)cc2F)nc1-c1ccccc1Cl. The van der Waals surface area contributed by atoms with Crippen LogP contribution in [0.1, 0.15) is 10.4 Å². The van der Waals surface area contributed by atoms with Gasteiger partial charge in [0.25, 0.3) is 0 Å². The molecule has 0 aliphatic carbocycles. The van der Waals surface area contributed by atoms with Gasteiger partial charge >= 0.3 is 5.97 Å². The van der Waals surface area contributed by atoms with E-state index in [1.165, 1.54) is 6.07 Å². The lowest BCUT2D eigenvalue weighted by Gasteiger charge is -2.03. The van der Waals surface area contributed by atoms with Crippen LogP contribution in [0.5, 0.6) is 0 Å². The Labute approximate surface area is 134 Å². The third-order valence-electron chi connectivity index (χ3n) is 3.23. The van der Waals surface area contributed by atoms with E-state index in [1.54, 1.807) is 24.3 Å². The summed E-state index contributed by atoms with van der Waals surface area (Å²) >= 11 is 6.08. The molecule has 0 atom stereocenters. The number of carbonyl (C=O) groups is 1. The van der Waals surface area contributed by atoms with Crippen molar-refractivity contribution in [3.63, 3.8) is 0 Å². The zero-order valence-corrected chi connectivity index (χ0v) is 12.3. The molecule has 4 nitrogen and oxygen atoms in total. The van der Waals surface area contributed by atoms with Crippen molar-refractivity contribution in [1.82, 2.24) is 9.78 Å². The smallest absolute Gasteiger partial charge is 0.339 e. The van der Waals surface area contributed by atoms with Crippen molar-refractivity contribution in [2.75, 3.05) is 0 Å². The van der Waals surface area contributed by atoms with Gasteiger partial charge < -0.3 is 5.11 Å². The largest absolute Gasteiger partial charge is 0.478 e. The first kappa shape index (κ1) is 15.2. The second-order valence-electron chi connectivity index (χ2n) is 4.72. The second-order valence-corrected chi connectivity index (χ2v) is 5.12. The molecular weight excluding hydrogens is 326 g/mol. The first-order valence-electron chi connectivity index (χ1n) is 6.50. The summed E-state index contributed by atoms with van der Waals surface area (Å²) in [5, 5.41) is 13.8. The zero-order chi connectivity index (χ0) is 16.6. The summed E-state index contributed by atoms with van der Waals surface area (Å²) in [5.74, 6) is -2.81. The normalized spacial score (nSPS) is 10.7. The van der Waals surface area contributed by atoms with Crippen LogP contribution in [-0.2, 0) is 0 Å². The predicted octanol–water partition coefficient (Wildman–Crippen LogP) is 4.17. The van der Waals surface area contributed by atoms with Crippen LogP contribution in [0.2, 0.25) is 5.02 Å². The van der Waals surface area contributed by atoms with E-state index in [-0.39, 0.29) is 16.9 Å². The third kappa shape index (κ3) is 2.80. The van der Waals surface area contributed by atoms with Gasteiger partial charge in [-0.2, -0.15) is 5.10 Å². The van der Waals surface area contributed by atoms with E-state index < -0.39 is 17.6 Å². The van der Waals surface area contributed by atoms with Gasteiger partial charge in [-0.1, -0.05) is 29.8 Å². The Kier molecular flexibility index (Phi) is 3.83. The maximum atomic E-state index is 13.9. The average molecular weight is 335 g/mol. The summed E-state index contributed by atoms with van der Waals surface area (Å²) in [4.78, 5) is 11.4. The maximum Gasteiger partial charge on any atom is 0.339 e. The average Bonchev–Trinajstić information content (AvgIpc) is 2.92. The van der Waals surface area contributed by atoms with E-state index in [0.29, 0.717) is 16.7 Å². The molecule has 7 heteroatoms. The van der Waals surface area contributed by atoms with E-state index in [1.807, 2.05) is 0 Å². The Balaban J connectivity index is 2.21. The van der Waals surface area contributed by atoms with Crippen molar-refractivity contribution in [2.24, 2.45) is 0 Å². The van der Waals surface area contributed by atoms with Gasteiger partial charge in [-0.3, -0.25) is 0 Å². The monoisotopic (exact) mass is 334 g/mol. The molecule has 0 amide bonds. The molecule has 0 saturated carbocycles. The summed E-state index contributed by atoms with van der Waals surface area (Å²) in [6.45, 7) is 0. The quantitative estimate of drug-likeness (QED) is 0.782. The van der Waals surface area contributed by atoms with Gasteiger partial charge in [-0.25, -0.2) is 18.3 Å². The van der Waals surface area contributed by atoms with Gasteiger partial charge in [0.05, 0.1) is 5.02 Å². The second kappa shape index (κ2) is 5.81. The van der Waals surface area contributed by atoms with E-state index in [9.17, 15) is 18.7 Å².